The van der Waals surface area contributed by atoms with E-state index in [0.717, 1.165) is 11.4 Å². The van der Waals surface area contributed by atoms with E-state index in [0.29, 0.717) is 13.0 Å². The lowest BCUT2D eigenvalue weighted by Gasteiger charge is -2.29. The van der Waals surface area contributed by atoms with Crippen molar-refractivity contribution in [1.82, 2.24) is 20.2 Å². The molecule has 0 amide bonds. The second-order valence-corrected chi connectivity index (χ2v) is 4.28. The van der Waals surface area contributed by atoms with Gasteiger partial charge in [0, 0.05) is 6.61 Å². The van der Waals surface area contributed by atoms with Crippen molar-refractivity contribution >= 4 is 0 Å². The van der Waals surface area contributed by atoms with Crippen LogP contribution in [-0.2, 0) is 11.3 Å². The van der Waals surface area contributed by atoms with E-state index in [1.165, 1.54) is 0 Å². The number of aliphatic hydroxyl groups is 1. The zero-order valence-electron chi connectivity index (χ0n) is 9.81. The predicted octanol–water partition coefficient (Wildman–Crippen LogP) is 0.544. The molecule has 1 aromatic heterocycles. The van der Waals surface area contributed by atoms with Crippen LogP contribution in [0, 0.1) is 0 Å². The number of aromatic nitrogens is 4. The first-order chi connectivity index (χ1) is 8.88. The number of ether oxygens (including phenoxy) is 1. The highest BCUT2D eigenvalue weighted by Gasteiger charge is 2.31. The Kier molecular flexibility index (Phi) is 3.04. The van der Waals surface area contributed by atoms with Gasteiger partial charge in [-0.25, -0.2) is 4.68 Å². The molecule has 0 fully saturated rings. The highest BCUT2D eigenvalue weighted by molar-refractivity contribution is 5.23. The van der Waals surface area contributed by atoms with E-state index in [1.54, 1.807) is 4.68 Å². The summed E-state index contributed by atoms with van der Waals surface area (Å²) in [5.74, 6) is 0.718. The normalized spacial score (nSPS) is 22.7. The summed E-state index contributed by atoms with van der Waals surface area (Å²) in [6.07, 6.45) is 0.269. The molecule has 2 aromatic rings. The van der Waals surface area contributed by atoms with Gasteiger partial charge in [-0.1, -0.05) is 30.3 Å². The maximum atomic E-state index is 9.03. The molecule has 2 heterocycles. The van der Waals surface area contributed by atoms with Crippen LogP contribution in [0.25, 0.3) is 0 Å². The summed E-state index contributed by atoms with van der Waals surface area (Å²) in [5.41, 5.74) is 1.02. The minimum atomic E-state index is -0.258. The van der Waals surface area contributed by atoms with Crippen molar-refractivity contribution < 1.29 is 9.84 Å². The number of fused-ring (bicyclic) bond motifs is 1. The molecule has 0 saturated heterocycles. The van der Waals surface area contributed by atoms with Crippen LogP contribution in [0.4, 0.5) is 0 Å². The fraction of sp³-hybridized carbons (Fsp3) is 0.417. The van der Waals surface area contributed by atoms with Gasteiger partial charge >= 0.3 is 0 Å². The number of hydrogen-bond donors (Lipinski definition) is 1. The fourth-order valence-electron chi connectivity index (χ4n) is 2.18. The third-order valence-electron chi connectivity index (χ3n) is 3.05. The fourth-order valence-corrected chi connectivity index (χ4v) is 2.18. The van der Waals surface area contributed by atoms with Gasteiger partial charge in [0.1, 0.15) is 6.10 Å². The minimum absolute atomic E-state index is 0.0591. The van der Waals surface area contributed by atoms with Crippen LogP contribution in [0.1, 0.15) is 23.9 Å². The van der Waals surface area contributed by atoms with Crippen molar-refractivity contribution in [1.29, 1.82) is 0 Å². The lowest BCUT2D eigenvalue weighted by Crippen LogP contribution is -2.32. The van der Waals surface area contributed by atoms with E-state index in [1.807, 2.05) is 30.3 Å². The summed E-state index contributed by atoms with van der Waals surface area (Å²) in [6, 6.07) is 9.86. The van der Waals surface area contributed by atoms with Crippen molar-refractivity contribution in [2.45, 2.75) is 25.2 Å². The van der Waals surface area contributed by atoms with Gasteiger partial charge in [-0.05, 0) is 22.4 Å². The first-order valence-corrected chi connectivity index (χ1v) is 5.96. The lowest BCUT2D eigenvalue weighted by atomic mass is 10.1. The Labute approximate surface area is 104 Å². The summed E-state index contributed by atoms with van der Waals surface area (Å²) >= 11 is 0. The SMILES string of the molecule is OCC[C@H]1Cn2nnnc2[C@@H](c2ccccc2)O1. The smallest absolute Gasteiger partial charge is 0.185 e. The largest absolute Gasteiger partial charge is 0.396 e. The van der Waals surface area contributed by atoms with Crippen molar-refractivity contribution in [2.24, 2.45) is 0 Å². The zero-order chi connectivity index (χ0) is 12.4. The Bertz CT molecular complexity index is 514. The Morgan fingerprint density at radius 2 is 2.17 bits per heavy atom. The molecular formula is C12H14N4O2. The van der Waals surface area contributed by atoms with Gasteiger partial charge in [-0.2, -0.15) is 0 Å². The second kappa shape index (κ2) is 4.83. The number of benzene rings is 1. The molecule has 0 aliphatic carbocycles. The first-order valence-electron chi connectivity index (χ1n) is 5.96. The summed E-state index contributed by atoms with van der Waals surface area (Å²) in [5, 5.41) is 20.7. The summed E-state index contributed by atoms with van der Waals surface area (Å²) in [7, 11) is 0. The molecule has 1 aromatic carbocycles. The third-order valence-corrected chi connectivity index (χ3v) is 3.05. The molecule has 6 nitrogen and oxygen atoms in total. The van der Waals surface area contributed by atoms with E-state index < -0.39 is 0 Å². The minimum Gasteiger partial charge on any atom is -0.396 e. The number of nitrogens with zero attached hydrogens (tertiary/aromatic N) is 4. The average molecular weight is 246 g/mol. The van der Waals surface area contributed by atoms with Gasteiger partial charge < -0.3 is 9.84 Å². The number of rotatable bonds is 3. The van der Waals surface area contributed by atoms with Gasteiger partial charge in [-0.3, -0.25) is 0 Å². The van der Waals surface area contributed by atoms with Crippen LogP contribution >= 0.6 is 0 Å². The van der Waals surface area contributed by atoms with Crippen LogP contribution in [-0.4, -0.2) is 38.0 Å². The summed E-state index contributed by atoms with van der Waals surface area (Å²) < 4.78 is 7.73. The van der Waals surface area contributed by atoms with Crippen LogP contribution in [0.3, 0.4) is 0 Å². The molecule has 94 valence electrons. The number of hydrogen-bond acceptors (Lipinski definition) is 5. The molecule has 3 rings (SSSR count). The molecular weight excluding hydrogens is 232 g/mol. The Morgan fingerprint density at radius 1 is 1.33 bits per heavy atom. The molecule has 6 heteroatoms. The predicted molar refractivity (Wildman–Crippen MR) is 62.7 cm³/mol. The highest BCUT2D eigenvalue weighted by atomic mass is 16.5. The molecule has 2 atom stereocenters. The van der Waals surface area contributed by atoms with E-state index >= 15 is 0 Å². The van der Waals surface area contributed by atoms with Crippen LogP contribution in [0.2, 0.25) is 0 Å². The average Bonchev–Trinajstić information content (AvgIpc) is 2.87. The van der Waals surface area contributed by atoms with Crippen LogP contribution in [0.5, 0.6) is 0 Å². The van der Waals surface area contributed by atoms with Crippen molar-refractivity contribution in [2.75, 3.05) is 6.61 Å². The van der Waals surface area contributed by atoms with Gasteiger partial charge in [0.25, 0.3) is 0 Å². The third kappa shape index (κ3) is 2.00. The zero-order valence-corrected chi connectivity index (χ0v) is 9.81. The van der Waals surface area contributed by atoms with Gasteiger partial charge in [0.2, 0.25) is 0 Å². The molecule has 0 spiro atoms. The Balaban J connectivity index is 1.94. The van der Waals surface area contributed by atoms with E-state index in [4.69, 9.17) is 9.84 Å². The second-order valence-electron chi connectivity index (χ2n) is 4.28. The van der Waals surface area contributed by atoms with Gasteiger partial charge in [-0.15, -0.1) is 5.10 Å². The van der Waals surface area contributed by atoms with Crippen LogP contribution in [0.15, 0.2) is 30.3 Å². The van der Waals surface area contributed by atoms with E-state index in [2.05, 4.69) is 15.5 Å². The molecule has 0 saturated carbocycles. The maximum Gasteiger partial charge on any atom is 0.185 e. The van der Waals surface area contributed by atoms with E-state index in [-0.39, 0.29) is 18.8 Å². The molecule has 18 heavy (non-hydrogen) atoms. The Morgan fingerprint density at radius 3 is 2.94 bits per heavy atom. The van der Waals surface area contributed by atoms with Crippen molar-refractivity contribution in [3.8, 4) is 0 Å². The lowest BCUT2D eigenvalue weighted by molar-refractivity contribution is -0.0427. The van der Waals surface area contributed by atoms with E-state index in [9.17, 15) is 0 Å². The molecule has 0 bridgehead atoms. The number of tetrazole rings is 1. The summed E-state index contributed by atoms with van der Waals surface area (Å²) in [4.78, 5) is 0. The van der Waals surface area contributed by atoms with Crippen molar-refractivity contribution in [3.63, 3.8) is 0 Å². The van der Waals surface area contributed by atoms with Gasteiger partial charge in [0.15, 0.2) is 5.82 Å². The van der Waals surface area contributed by atoms with Crippen LogP contribution < -0.4 is 0 Å². The molecule has 0 radical (unpaired) electrons. The molecule has 1 aliphatic rings. The number of aliphatic hydroxyl groups excluding tert-OH is 1. The summed E-state index contributed by atoms with van der Waals surface area (Å²) in [6.45, 7) is 0.690. The standard InChI is InChI=1S/C12H14N4O2/c17-7-6-10-8-16-12(13-14-15-16)11(18-10)9-4-2-1-3-5-9/h1-5,10-11,17H,6-8H2/t10-,11+/m0/s1. The molecule has 1 aliphatic heterocycles. The molecule has 1 N–H and O–H groups in total. The van der Waals surface area contributed by atoms with Gasteiger partial charge in [0.05, 0.1) is 12.6 Å². The van der Waals surface area contributed by atoms with Crippen molar-refractivity contribution in [3.05, 3.63) is 41.7 Å². The maximum absolute atomic E-state index is 9.03. The molecule has 0 unspecified atom stereocenters. The quantitative estimate of drug-likeness (QED) is 0.855. The monoisotopic (exact) mass is 246 g/mol. The topological polar surface area (TPSA) is 73.1 Å². The highest BCUT2D eigenvalue weighted by Crippen LogP contribution is 2.30. The Hall–Kier alpha value is -1.79. The first kappa shape index (κ1) is 11.3.